The zero-order chi connectivity index (χ0) is 20.1. The molecule has 1 aliphatic heterocycles. The molecule has 0 saturated carbocycles. The third kappa shape index (κ3) is 4.64. The van der Waals surface area contributed by atoms with E-state index in [-0.39, 0.29) is 17.5 Å². The highest BCUT2D eigenvalue weighted by Gasteiger charge is 2.32. The molecule has 27 heavy (non-hydrogen) atoms. The molecule has 2 rings (SSSR count). The van der Waals surface area contributed by atoms with E-state index in [0.717, 1.165) is 11.1 Å². The molecule has 0 bridgehead atoms. The third-order valence-electron chi connectivity index (χ3n) is 4.62. The van der Waals surface area contributed by atoms with Crippen molar-refractivity contribution < 1.29 is 19.6 Å². The van der Waals surface area contributed by atoms with E-state index in [1.54, 1.807) is 25.8 Å². The molecule has 3 amide bonds. The first kappa shape index (κ1) is 20.4. The van der Waals surface area contributed by atoms with Gasteiger partial charge in [0.1, 0.15) is 17.8 Å². The third-order valence-corrected chi connectivity index (χ3v) is 4.62. The minimum Gasteiger partial charge on any atom is -0.410 e. The Bertz CT molecular complexity index is 760. The van der Waals surface area contributed by atoms with Gasteiger partial charge in [-0.25, -0.2) is 0 Å². The van der Waals surface area contributed by atoms with E-state index in [9.17, 15) is 14.4 Å². The first-order chi connectivity index (χ1) is 12.8. The fourth-order valence-electron chi connectivity index (χ4n) is 2.96. The van der Waals surface area contributed by atoms with Crippen LogP contribution in [0.1, 0.15) is 37.9 Å². The minimum absolute atomic E-state index is 0.0646. The highest BCUT2D eigenvalue weighted by molar-refractivity contribution is 6.39. The largest absolute Gasteiger partial charge is 0.410 e. The van der Waals surface area contributed by atoms with Crippen LogP contribution in [0.3, 0.4) is 0 Å². The van der Waals surface area contributed by atoms with Crippen LogP contribution in [0.15, 0.2) is 29.4 Å². The van der Waals surface area contributed by atoms with E-state index in [0.29, 0.717) is 13.0 Å². The lowest BCUT2D eigenvalue weighted by atomic mass is 9.99. The second-order valence-electron chi connectivity index (χ2n) is 6.99. The molecule has 1 aliphatic rings. The second-order valence-corrected chi connectivity index (χ2v) is 6.99. The van der Waals surface area contributed by atoms with Crippen LogP contribution in [-0.2, 0) is 20.8 Å². The molecular formula is C19H26N4O4. The number of carbonyl (C=O) groups is 3. The monoisotopic (exact) mass is 374 g/mol. The topological polar surface area (TPSA) is 111 Å². The van der Waals surface area contributed by atoms with E-state index in [1.807, 2.05) is 24.3 Å². The molecule has 3 N–H and O–H groups in total. The number of oxime groups is 1. The number of nitrogens with one attached hydrogen (secondary N) is 2. The summed E-state index contributed by atoms with van der Waals surface area (Å²) in [5.41, 5.74) is 1.70. The molecule has 0 fully saturated rings. The van der Waals surface area contributed by atoms with Crippen molar-refractivity contribution in [2.24, 2.45) is 11.1 Å². The maximum Gasteiger partial charge on any atom is 0.269 e. The van der Waals surface area contributed by atoms with Crippen molar-refractivity contribution in [3.8, 4) is 0 Å². The Hall–Kier alpha value is -2.90. The van der Waals surface area contributed by atoms with Crippen LogP contribution in [0.5, 0.6) is 0 Å². The van der Waals surface area contributed by atoms with Crippen LogP contribution in [0.25, 0.3) is 0 Å². The van der Waals surface area contributed by atoms with Crippen LogP contribution < -0.4 is 10.6 Å². The van der Waals surface area contributed by atoms with Gasteiger partial charge < -0.3 is 20.7 Å². The van der Waals surface area contributed by atoms with Crippen molar-refractivity contribution >= 4 is 23.4 Å². The van der Waals surface area contributed by atoms with E-state index in [2.05, 4.69) is 15.8 Å². The Morgan fingerprint density at radius 1 is 1.26 bits per heavy atom. The highest BCUT2D eigenvalue weighted by Crippen LogP contribution is 2.24. The molecule has 0 radical (unpaired) electrons. The summed E-state index contributed by atoms with van der Waals surface area (Å²) >= 11 is 0. The summed E-state index contributed by atoms with van der Waals surface area (Å²) < 4.78 is 0. The van der Waals surface area contributed by atoms with Gasteiger partial charge in [-0.3, -0.25) is 14.4 Å². The first-order valence-corrected chi connectivity index (χ1v) is 8.92. The number of hydrogen-bond acceptors (Lipinski definition) is 5. The molecule has 0 aromatic heterocycles. The van der Waals surface area contributed by atoms with Gasteiger partial charge in [-0.05, 0) is 24.5 Å². The lowest BCUT2D eigenvalue weighted by Gasteiger charge is -2.24. The molecule has 0 saturated heterocycles. The van der Waals surface area contributed by atoms with E-state index in [1.165, 1.54) is 6.92 Å². The predicted molar refractivity (Wildman–Crippen MR) is 100 cm³/mol. The van der Waals surface area contributed by atoms with E-state index >= 15 is 0 Å². The van der Waals surface area contributed by atoms with Crippen LogP contribution in [0.4, 0.5) is 0 Å². The lowest BCUT2D eigenvalue weighted by molar-refractivity contribution is -0.136. The van der Waals surface area contributed by atoms with Gasteiger partial charge in [-0.2, -0.15) is 0 Å². The quantitative estimate of drug-likeness (QED) is 0.403. The van der Waals surface area contributed by atoms with Crippen LogP contribution in [-0.4, -0.2) is 53.2 Å². The second kappa shape index (κ2) is 8.66. The first-order valence-electron chi connectivity index (χ1n) is 8.92. The van der Waals surface area contributed by atoms with Crippen molar-refractivity contribution in [1.29, 1.82) is 0 Å². The summed E-state index contributed by atoms with van der Waals surface area (Å²) in [6.07, 6.45) is 0.710. The minimum atomic E-state index is -0.901. The van der Waals surface area contributed by atoms with Gasteiger partial charge in [0, 0.05) is 19.5 Å². The maximum absolute atomic E-state index is 12.7. The smallest absolute Gasteiger partial charge is 0.269 e. The lowest BCUT2D eigenvalue weighted by Crippen LogP contribution is -2.50. The number of amides is 3. The highest BCUT2D eigenvalue weighted by atomic mass is 16.4. The number of carbonyl (C=O) groups excluding carboxylic acids is 3. The normalized spacial score (nSPS) is 18.6. The van der Waals surface area contributed by atoms with Gasteiger partial charge in [0.05, 0.1) is 0 Å². The Balaban J connectivity index is 2.15. The van der Waals surface area contributed by atoms with Crippen molar-refractivity contribution in [2.45, 2.75) is 39.3 Å². The summed E-state index contributed by atoms with van der Waals surface area (Å²) in [4.78, 5) is 39.0. The number of rotatable bonds is 5. The molecule has 146 valence electrons. The van der Waals surface area contributed by atoms with Crippen molar-refractivity contribution in [3.05, 3.63) is 35.4 Å². The summed E-state index contributed by atoms with van der Waals surface area (Å²) in [5, 5.41) is 17.2. The van der Waals surface area contributed by atoms with Gasteiger partial charge in [0.2, 0.25) is 11.8 Å². The van der Waals surface area contributed by atoms with Crippen molar-refractivity contribution in [2.75, 3.05) is 13.6 Å². The Morgan fingerprint density at radius 2 is 1.93 bits per heavy atom. The van der Waals surface area contributed by atoms with Crippen LogP contribution >= 0.6 is 0 Å². The van der Waals surface area contributed by atoms with Gasteiger partial charge in [0.15, 0.2) is 0 Å². The molecule has 1 heterocycles. The summed E-state index contributed by atoms with van der Waals surface area (Å²) in [5.74, 6) is -1.62. The summed E-state index contributed by atoms with van der Waals surface area (Å²) in [7, 11) is 1.70. The number of hydrogen-bond donors (Lipinski definition) is 3. The van der Waals surface area contributed by atoms with Gasteiger partial charge >= 0.3 is 0 Å². The van der Waals surface area contributed by atoms with Crippen molar-refractivity contribution in [3.63, 3.8) is 0 Å². The van der Waals surface area contributed by atoms with E-state index < -0.39 is 23.9 Å². The van der Waals surface area contributed by atoms with E-state index in [4.69, 9.17) is 5.21 Å². The number of likely N-dealkylation sites (N-methyl/N-ethyl adjacent to an activating group) is 1. The maximum atomic E-state index is 12.7. The Labute approximate surface area is 158 Å². The van der Waals surface area contributed by atoms with Crippen LogP contribution in [0, 0.1) is 5.92 Å². The summed E-state index contributed by atoms with van der Waals surface area (Å²) in [6.45, 7) is 5.49. The average Bonchev–Trinajstić information content (AvgIpc) is 2.74. The van der Waals surface area contributed by atoms with Crippen molar-refractivity contribution in [1.82, 2.24) is 15.5 Å². The molecule has 8 nitrogen and oxygen atoms in total. The Kier molecular flexibility index (Phi) is 6.55. The molecule has 0 aliphatic carbocycles. The zero-order valence-electron chi connectivity index (χ0n) is 16.0. The SMILES string of the molecule is CC(C)/C(=N\O)C(=O)N[C@@H](C)C(=O)N[C@@H]1C(=O)N(C)CCc2ccccc21. The average molecular weight is 374 g/mol. The van der Waals surface area contributed by atoms with Gasteiger partial charge in [0.25, 0.3) is 5.91 Å². The number of nitrogens with zero attached hydrogens (tertiary/aromatic N) is 2. The molecular weight excluding hydrogens is 348 g/mol. The Morgan fingerprint density at radius 3 is 2.56 bits per heavy atom. The fraction of sp³-hybridized carbons (Fsp3) is 0.474. The summed E-state index contributed by atoms with van der Waals surface area (Å²) in [6, 6.07) is 5.79. The zero-order valence-corrected chi connectivity index (χ0v) is 16.0. The molecule has 2 atom stereocenters. The number of benzene rings is 1. The fourth-order valence-corrected chi connectivity index (χ4v) is 2.96. The van der Waals surface area contributed by atoms with Gasteiger partial charge in [-0.1, -0.05) is 43.3 Å². The molecule has 0 spiro atoms. The molecule has 8 heteroatoms. The number of fused-ring (bicyclic) bond motifs is 1. The predicted octanol–water partition coefficient (Wildman–Crippen LogP) is 0.849. The molecule has 1 aromatic carbocycles. The van der Waals surface area contributed by atoms with Crippen LogP contribution in [0.2, 0.25) is 0 Å². The molecule has 1 aromatic rings. The molecule has 0 unspecified atom stereocenters. The standard InChI is InChI=1S/C19H26N4O4/c1-11(2)15(22-27)18(25)20-12(3)17(24)21-16-14-8-6-5-7-13(14)9-10-23(4)19(16)26/h5-8,11-12,16,27H,9-10H2,1-4H3,(H,20,25)(H,21,24)/b22-15+/t12-,16-/m0/s1. The van der Waals surface area contributed by atoms with Gasteiger partial charge in [-0.15, -0.1) is 0 Å².